The Morgan fingerprint density at radius 1 is 1.61 bits per heavy atom. The number of aromatic nitrogens is 2. The van der Waals surface area contributed by atoms with Crippen LogP contribution in [0.5, 0.6) is 0 Å². The zero-order valence-electron chi connectivity index (χ0n) is 8.85. The monoisotopic (exact) mass is 248 g/mol. The smallest absolute Gasteiger partial charge is 0.290 e. The van der Waals surface area contributed by atoms with Crippen LogP contribution in [0.1, 0.15) is 5.69 Å². The molecule has 0 atom stereocenters. The number of rotatable bonds is 2. The van der Waals surface area contributed by atoms with Gasteiger partial charge in [-0.2, -0.15) is 5.16 Å². The van der Waals surface area contributed by atoms with E-state index in [1.165, 1.54) is 12.1 Å². The zero-order chi connectivity index (χ0) is 13.1. The van der Waals surface area contributed by atoms with Crippen LogP contribution < -0.4 is 16.5 Å². The van der Waals surface area contributed by atoms with Crippen LogP contribution >= 0.6 is 0 Å². The van der Waals surface area contributed by atoms with E-state index in [4.69, 9.17) is 13.1 Å². The van der Waals surface area contributed by atoms with E-state index in [0.29, 0.717) is 0 Å². The summed E-state index contributed by atoms with van der Waals surface area (Å²) in [5.74, 6) is -0.845. The van der Waals surface area contributed by atoms with Gasteiger partial charge in [0.2, 0.25) is 5.69 Å². The summed E-state index contributed by atoms with van der Waals surface area (Å²) in [5, 5.41) is 14.1. The summed E-state index contributed by atoms with van der Waals surface area (Å²) < 4.78 is 17.2. The van der Waals surface area contributed by atoms with E-state index in [-0.39, 0.29) is 22.7 Å². The quantitative estimate of drug-likeness (QED) is 0.283. The van der Waals surface area contributed by atoms with Gasteiger partial charge in [-0.1, -0.05) is 5.46 Å². The molecule has 2 radical (unpaired) electrons. The Morgan fingerprint density at radius 2 is 2.39 bits per heavy atom. The summed E-state index contributed by atoms with van der Waals surface area (Å²) in [4.78, 5) is 15.1. The molecule has 0 bridgehead atoms. The number of hydrogen-bond donors (Lipinski definition) is 3. The standard InChI is InChI=1S/C9H6BFN4O3/c10-5-3-4(1-2-6(5)11)12-8(13-17)7-9(16)15-18-14-7/h1-3,17H,(H,12,13)(H,15,16). The average molecular weight is 248 g/mol. The van der Waals surface area contributed by atoms with Crippen LogP contribution in [0.2, 0.25) is 0 Å². The molecule has 0 saturated carbocycles. The van der Waals surface area contributed by atoms with Crippen molar-refractivity contribution in [2.24, 2.45) is 4.99 Å². The second-order valence-electron chi connectivity index (χ2n) is 3.24. The molecule has 9 heteroatoms. The van der Waals surface area contributed by atoms with Crippen molar-refractivity contribution in [3.05, 3.63) is 40.1 Å². The van der Waals surface area contributed by atoms with Crippen LogP contribution in [0.4, 0.5) is 10.1 Å². The van der Waals surface area contributed by atoms with Crippen LogP contribution in [0.15, 0.2) is 32.6 Å². The highest BCUT2D eigenvalue weighted by Gasteiger charge is 2.12. The highest BCUT2D eigenvalue weighted by Crippen LogP contribution is 2.11. The first-order valence-electron chi connectivity index (χ1n) is 4.70. The molecule has 0 unspecified atom stereocenters. The fraction of sp³-hybridized carbons (Fsp3) is 0. The zero-order valence-corrected chi connectivity index (χ0v) is 8.85. The third-order valence-electron chi connectivity index (χ3n) is 2.04. The molecule has 0 aliphatic rings. The summed E-state index contributed by atoms with van der Waals surface area (Å²) >= 11 is 0. The van der Waals surface area contributed by atoms with Crippen molar-refractivity contribution in [2.45, 2.75) is 0 Å². The maximum absolute atomic E-state index is 12.9. The number of amidine groups is 1. The van der Waals surface area contributed by atoms with Gasteiger partial charge in [-0.3, -0.25) is 20.1 Å². The third kappa shape index (κ3) is 2.30. The number of halogens is 1. The molecule has 3 N–H and O–H groups in total. The van der Waals surface area contributed by atoms with Crippen molar-refractivity contribution < 1.29 is 14.2 Å². The molecule has 1 aromatic heterocycles. The molecule has 2 aromatic rings. The van der Waals surface area contributed by atoms with Gasteiger partial charge in [-0.25, -0.2) is 9.38 Å². The minimum absolute atomic E-state index is 0.109. The Bertz CT molecular complexity index is 651. The molecule has 0 fully saturated rings. The first kappa shape index (κ1) is 12.1. The van der Waals surface area contributed by atoms with E-state index in [1.54, 1.807) is 5.48 Å². The summed E-state index contributed by atoms with van der Waals surface area (Å²) in [7, 11) is 5.36. The van der Waals surface area contributed by atoms with E-state index in [0.717, 1.165) is 6.07 Å². The second-order valence-corrected chi connectivity index (χ2v) is 3.24. The van der Waals surface area contributed by atoms with Gasteiger partial charge >= 0.3 is 5.56 Å². The Balaban J connectivity index is 2.44. The van der Waals surface area contributed by atoms with Gasteiger partial charge in [0.05, 0.1) is 5.69 Å². The predicted molar refractivity (Wildman–Crippen MR) is 60.0 cm³/mol. The SMILES string of the molecule is [B]c1cc(N=C(NO)c2no[nH]c2=O)ccc1F. The van der Waals surface area contributed by atoms with Gasteiger partial charge in [-0.05, 0) is 23.4 Å². The van der Waals surface area contributed by atoms with Crippen LogP contribution in [0, 0.1) is 5.82 Å². The molecule has 90 valence electrons. The van der Waals surface area contributed by atoms with E-state index in [1.807, 2.05) is 5.16 Å². The largest absolute Gasteiger partial charge is 0.311 e. The van der Waals surface area contributed by atoms with E-state index in [9.17, 15) is 9.18 Å². The number of nitrogens with zero attached hydrogens (tertiary/aromatic N) is 2. The molecular weight excluding hydrogens is 242 g/mol. The van der Waals surface area contributed by atoms with Crippen LogP contribution in [-0.2, 0) is 0 Å². The molecule has 0 aliphatic carbocycles. The fourth-order valence-electron chi connectivity index (χ4n) is 1.21. The minimum atomic E-state index is -0.676. The normalized spacial score (nSPS) is 11.6. The molecule has 0 saturated heterocycles. The third-order valence-corrected chi connectivity index (χ3v) is 2.04. The molecule has 0 amide bonds. The Kier molecular flexibility index (Phi) is 3.24. The molecule has 0 spiro atoms. The van der Waals surface area contributed by atoms with E-state index in [2.05, 4.69) is 14.8 Å². The highest BCUT2D eigenvalue weighted by molar-refractivity contribution is 6.32. The van der Waals surface area contributed by atoms with Crippen molar-refractivity contribution >= 4 is 24.8 Å². The van der Waals surface area contributed by atoms with Gasteiger partial charge in [0.1, 0.15) is 13.7 Å². The molecular formula is C9H6BFN4O3. The minimum Gasteiger partial charge on any atom is -0.290 e. The molecule has 0 aliphatic heterocycles. The van der Waals surface area contributed by atoms with Crippen LogP contribution in [-0.4, -0.2) is 29.2 Å². The van der Waals surface area contributed by atoms with Crippen molar-refractivity contribution in [3.63, 3.8) is 0 Å². The van der Waals surface area contributed by atoms with Crippen LogP contribution in [0.3, 0.4) is 0 Å². The number of hydroxylamine groups is 1. The summed E-state index contributed by atoms with van der Waals surface area (Å²) in [5.41, 5.74) is 0.896. The van der Waals surface area contributed by atoms with Crippen molar-refractivity contribution in [1.82, 2.24) is 15.8 Å². The van der Waals surface area contributed by atoms with E-state index < -0.39 is 11.4 Å². The summed E-state index contributed by atoms with van der Waals surface area (Å²) in [6.45, 7) is 0. The summed E-state index contributed by atoms with van der Waals surface area (Å²) in [6.07, 6.45) is 0. The number of aliphatic imine (C=N–C) groups is 1. The van der Waals surface area contributed by atoms with Gasteiger partial charge in [0.25, 0.3) is 0 Å². The fourth-order valence-corrected chi connectivity index (χ4v) is 1.21. The first-order chi connectivity index (χ1) is 8.61. The first-order valence-corrected chi connectivity index (χ1v) is 4.70. The maximum atomic E-state index is 12.9. The number of nitrogens with one attached hydrogen (secondary N) is 2. The molecule has 7 nitrogen and oxygen atoms in total. The van der Waals surface area contributed by atoms with Crippen molar-refractivity contribution in [3.8, 4) is 0 Å². The summed E-state index contributed by atoms with van der Waals surface area (Å²) in [6, 6.07) is 3.66. The Morgan fingerprint density at radius 3 is 2.94 bits per heavy atom. The molecule has 18 heavy (non-hydrogen) atoms. The highest BCUT2D eigenvalue weighted by atomic mass is 19.1. The van der Waals surface area contributed by atoms with Gasteiger partial charge in [0, 0.05) is 0 Å². The van der Waals surface area contributed by atoms with Crippen molar-refractivity contribution in [1.29, 1.82) is 0 Å². The maximum Gasteiger partial charge on any atom is 0.311 e. The molecule has 1 heterocycles. The Hall–Kier alpha value is -2.42. The molecule has 1 aromatic carbocycles. The van der Waals surface area contributed by atoms with Crippen LogP contribution in [0.25, 0.3) is 0 Å². The lowest BCUT2D eigenvalue weighted by Crippen LogP contribution is -2.26. The predicted octanol–water partition coefficient (Wildman–Crippen LogP) is -0.647. The average Bonchev–Trinajstić information content (AvgIpc) is 2.77. The number of benzene rings is 1. The van der Waals surface area contributed by atoms with Crippen molar-refractivity contribution in [2.75, 3.05) is 0 Å². The topological polar surface area (TPSA) is 104 Å². The molecule has 2 rings (SSSR count). The van der Waals surface area contributed by atoms with Gasteiger partial charge < -0.3 is 0 Å². The number of H-pyrrole nitrogens is 1. The number of hydrogen-bond acceptors (Lipinski definition) is 5. The second kappa shape index (κ2) is 4.84. The van der Waals surface area contributed by atoms with Gasteiger partial charge in [-0.15, -0.1) is 0 Å². The Labute approximate surface area is 101 Å². The lowest BCUT2D eigenvalue weighted by atomic mass is 9.95. The number of aromatic amines is 1. The van der Waals surface area contributed by atoms with E-state index >= 15 is 0 Å². The lowest BCUT2D eigenvalue weighted by molar-refractivity contribution is 0.234. The lowest BCUT2D eigenvalue weighted by Gasteiger charge is -2.01. The van der Waals surface area contributed by atoms with Gasteiger partial charge in [0.15, 0.2) is 5.84 Å².